The van der Waals surface area contributed by atoms with Crippen LogP contribution in [0.25, 0.3) is 0 Å². The average molecular weight is 250 g/mol. The number of carbonyl (C=O) groups is 2. The van der Waals surface area contributed by atoms with Crippen LogP contribution in [0, 0.1) is 5.82 Å². The summed E-state index contributed by atoms with van der Waals surface area (Å²) in [6.45, 7) is 2.95. The Bertz CT molecular complexity index is 447. The predicted octanol–water partition coefficient (Wildman–Crippen LogP) is 0.827. The molecule has 1 saturated heterocycles. The Morgan fingerprint density at radius 1 is 1.44 bits per heavy atom. The molecule has 2 atom stereocenters. The average Bonchev–Trinajstić information content (AvgIpc) is 2.39. The Hall–Kier alpha value is -1.75. The standard InChI is InChI=1S/C13H15FN2O2/c1-9-12(8-17)15-6-7-16(9)13(18)10-2-4-11(14)5-3-10/h2-5,8-9,12,15H,6-7H2,1H3. The third-order valence-corrected chi connectivity index (χ3v) is 3.24. The van der Waals surface area contributed by atoms with E-state index in [0.717, 1.165) is 6.29 Å². The number of nitrogens with zero attached hydrogens (tertiary/aromatic N) is 1. The van der Waals surface area contributed by atoms with Crippen LogP contribution >= 0.6 is 0 Å². The number of aldehydes is 1. The van der Waals surface area contributed by atoms with Gasteiger partial charge in [0.2, 0.25) is 0 Å². The topological polar surface area (TPSA) is 49.4 Å². The highest BCUT2D eigenvalue weighted by atomic mass is 19.1. The van der Waals surface area contributed by atoms with Crippen LogP contribution in [0.3, 0.4) is 0 Å². The molecule has 18 heavy (non-hydrogen) atoms. The van der Waals surface area contributed by atoms with Crippen LogP contribution in [0.2, 0.25) is 0 Å². The van der Waals surface area contributed by atoms with Gasteiger partial charge < -0.3 is 15.0 Å². The van der Waals surface area contributed by atoms with Gasteiger partial charge in [-0.25, -0.2) is 4.39 Å². The second-order valence-electron chi connectivity index (χ2n) is 4.36. The Kier molecular flexibility index (Phi) is 3.72. The summed E-state index contributed by atoms with van der Waals surface area (Å²) in [4.78, 5) is 24.8. The molecule has 0 spiro atoms. The summed E-state index contributed by atoms with van der Waals surface area (Å²) in [5, 5.41) is 3.04. The zero-order chi connectivity index (χ0) is 13.1. The maximum atomic E-state index is 12.8. The van der Waals surface area contributed by atoms with E-state index >= 15 is 0 Å². The summed E-state index contributed by atoms with van der Waals surface area (Å²) in [5.41, 5.74) is 0.440. The molecule has 5 heteroatoms. The molecule has 1 aromatic rings. The fourth-order valence-corrected chi connectivity index (χ4v) is 2.13. The zero-order valence-electron chi connectivity index (χ0n) is 10.1. The van der Waals surface area contributed by atoms with E-state index in [4.69, 9.17) is 0 Å². The first-order chi connectivity index (χ1) is 8.63. The zero-order valence-corrected chi connectivity index (χ0v) is 10.1. The Balaban J connectivity index is 2.17. The third-order valence-electron chi connectivity index (χ3n) is 3.24. The number of rotatable bonds is 2. The molecule has 96 valence electrons. The molecule has 1 aliphatic heterocycles. The third kappa shape index (κ3) is 2.41. The molecule has 0 aliphatic carbocycles. The number of amides is 1. The van der Waals surface area contributed by atoms with Crippen LogP contribution < -0.4 is 5.32 Å². The second-order valence-corrected chi connectivity index (χ2v) is 4.36. The molecule has 1 N–H and O–H groups in total. The molecular formula is C13H15FN2O2. The van der Waals surface area contributed by atoms with Crippen molar-refractivity contribution in [1.29, 1.82) is 0 Å². The van der Waals surface area contributed by atoms with E-state index in [1.165, 1.54) is 24.3 Å². The largest absolute Gasteiger partial charge is 0.333 e. The van der Waals surface area contributed by atoms with Crippen LogP contribution in [0.15, 0.2) is 24.3 Å². The summed E-state index contributed by atoms with van der Waals surface area (Å²) >= 11 is 0. The maximum Gasteiger partial charge on any atom is 0.254 e. The number of piperazine rings is 1. The molecule has 1 heterocycles. The summed E-state index contributed by atoms with van der Waals surface area (Å²) in [6, 6.07) is 4.90. The molecule has 1 fully saturated rings. The fourth-order valence-electron chi connectivity index (χ4n) is 2.13. The normalized spacial score (nSPS) is 23.8. The molecule has 2 unspecified atom stereocenters. The highest BCUT2D eigenvalue weighted by Crippen LogP contribution is 2.13. The lowest BCUT2D eigenvalue weighted by molar-refractivity contribution is -0.111. The van der Waals surface area contributed by atoms with Crippen molar-refractivity contribution in [2.75, 3.05) is 13.1 Å². The van der Waals surface area contributed by atoms with Crippen molar-refractivity contribution in [1.82, 2.24) is 10.2 Å². The number of halogens is 1. The van der Waals surface area contributed by atoms with Gasteiger partial charge in [0.15, 0.2) is 0 Å². The van der Waals surface area contributed by atoms with E-state index in [0.29, 0.717) is 18.7 Å². The number of benzene rings is 1. The van der Waals surface area contributed by atoms with E-state index in [2.05, 4.69) is 5.32 Å². The van der Waals surface area contributed by atoms with Crippen molar-refractivity contribution in [2.24, 2.45) is 0 Å². The molecule has 0 radical (unpaired) electrons. The minimum atomic E-state index is -0.370. The summed E-state index contributed by atoms with van der Waals surface area (Å²) in [5.74, 6) is -0.540. The van der Waals surface area contributed by atoms with Gasteiger partial charge in [0, 0.05) is 18.7 Å². The summed E-state index contributed by atoms with van der Waals surface area (Å²) in [6.07, 6.45) is 0.814. The van der Waals surface area contributed by atoms with Gasteiger partial charge in [0.25, 0.3) is 5.91 Å². The van der Waals surface area contributed by atoms with Crippen molar-refractivity contribution in [3.05, 3.63) is 35.6 Å². The van der Waals surface area contributed by atoms with Crippen molar-refractivity contribution in [3.8, 4) is 0 Å². The molecule has 2 rings (SSSR count). The number of hydrogen-bond donors (Lipinski definition) is 1. The molecule has 0 bridgehead atoms. The lowest BCUT2D eigenvalue weighted by Crippen LogP contribution is -2.59. The van der Waals surface area contributed by atoms with Crippen molar-refractivity contribution in [2.45, 2.75) is 19.0 Å². The van der Waals surface area contributed by atoms with Crippen molar-refractivity contribution < 1.29 is 14.0 Å². The second kappa shape index (κ2) is 5.27. The molecule has 1 aromatic carbocycles. The fraction of sp³-hybridized carbons (Fsp3) is 0.385. The van der Waals surface area contributed by atoms with Crippen LogP contribution in [0.1, 0.15) is 17.3 Å². The lowest BCUT2D eigenvalue weighted by Gasteiger charge is -2.37. The molecule has 0 saturated carbocycles. The van der Waals surface area contributed by atoms with Gasteiger partial charge in [-0.05, 0) is 31.2 Å². The van der Waals surface area contributed by atoms with Crippen molar-refractivity contribution in [3.63, 3.8) is 0 Å². The first-order valence-corrected chi connectivity index (χ1v) is 5.88. The van der Waals surface area contributed by atoms with Gasteiger partial charge in [-0.2, -0.15) is 0 Å². The van der Waals surface area contributed by atoms with E-state index in [9.17, 15) is 14.0 Å². The lowest BCUT2D eigenvalue weighted by atomic mass is 10.0. The first kappa shape index (κ1) is 12.7. The van der Waals surface area contributed by atoms with Crippen LogP contribution in [0.4, 0.5) is 4.39 Å². The monoisotopic (exact) mass is 250 g/mol. The number of hydrogen-bond acceptors (Lipinski definition) is 3. The predicted molar refractivity (Wildman–Crippen MR) is 64.8 cm³/mol. The Morgan fingerprint density at radius 2 is 2.11 bits per heavy atom. The minimum Gasteiger partial charge on any atom is -0.333 e. The summed E-state index contributed by atoms with van der Waals surface area (Å²) < 4.78 is 12.8. The Morgan fingerprint density at radius 3 is 2.72 bits per heavy atom. The Labute approximate surface area is 105 Å². The van der Waals surface area contributed by atoms with Crippen LogP contribution in [-0.4, -0.2) is 42.3 Å². The van der Waals surface area contributed by atoms with Gasteiger partial charge >= 0.3 is 0 Å². The number of carbonyl (C=O) groups excluding carboxylic acids is 2. The molecule has 0 aromatic heterocycles. The van der Waals surface area contributed by atoms with Gasteiger partial charge in [-0.3, -0.25) is 4.79 Å². The SMILES string of the molecule is CC1C(C=O)NCCN1C(=O)c1ccc(F)cc1. The number of nitrogens with one attached hydrogen (secondary N) is 1. The first-order valence-electron chi connectivity index (χ1n) is 5.88. The quantitative estimate of drug-likeness (QED) is 0.791. The van der Waals surface area contributed by atoms with Gasteiger partial charge in [0.1, 0.15) is 12.1 Å². The van der Waals surface area contributed by atoms with Crippen LogP contribution in [-0.2, 0) is 4.79 Å². The van der Waals surface area contributed by atoms with E-state index in [1.54, 1.807) is 4.90 Å². The van der Waals surface area contributed by atoms with Crippen molar-refractivity contribution >= 4 is 12.2 Å². The molecule has 1 aliphatic rings. The highest BCUT2D eigenvalue weighted by molar-refractivity contribution is 5.94. The molecule has 4 nitrogen and oxygen atoms in total. The minimum absolute atomic E-state index is 0.171. The molecule has 1 amide bonds. The maximum absolute atomic E-state index is 12.8. The van der Waals surface area contributed by atoms with Gasteiger partial charge in [0.05, 0.1) is 12.1 Å². The van der Waals surface area contributed by atoms with E-state index in [1.807, 2.05) is 6.92 Å². The van der Waals surface area contributed by atoms with Gasteiger partial charge in [-0.15, -0.1) is 0 Å². The molecular weight excluding hydrogens is 235 g/mol. The highest BCUT2D eigenvalue weighted by Gasteiger charge is 2.30. The summed E-state index contributed by atoms with van der Waals surface area (Å²) in [7, 11) is 0. The smallest absolute Gasteiger partial charge is 0.254 e. The van der Waals surface area contributed by atoms with Gasteiger partial charge in [-0.1, -0.05) is 0 Å². The van der Waals surface area contributed by atoms with Crippen LogP contribution in [0.5, 0.6) is 0 Å². The van der Waals surface area contributed by atoms with E-state index in [-0.39, 0.29) is 23.8 Å². The van der Waals surface area contributed by atoms with E-state index < -0.39 is 0 Å².